The first-order valence-electron chi connectivity index (χ1n) is 19.2. The van der Waals surface area contributed by atoms with Gasteiger partial charge >= 0.3 is 0 Å². The number of fused-ring (bicyclic) bond motifs is 4. The van der Waals surface area contributed by atoms with Crippen LogP contribution in [0.4, 0.5) is 17.1 Å². The molecular weight excluding hydrogens is 663 g/mol. The molecular formula is C52H37BN2. The topological polar surface area (TPSA) is 8.17 Å². The molecule has 0 unspecified atom stereocenters. The summed E-state index contributed by atoms with van der Waals surface area (Å²) in [5.41, 5.74) is 22.7. The number of rotatable bonds is 5. The van der Waals surface area contributed by atoms with E-state index < -0.39 is 0 Å². The highest BCUT2D eigenvalue weighted by Crippen LogP contribution is 2.43. The van der Waals surface area contributed by atoms with Crippen LogP contribution in [-0.4, -0.2) is 11.3 Å². The van der Waals surface area contributed by atoms with Crippen molar-refractivity contribution in [3.63, 3.8) is 0 Å². The number of aromatic nitrogens is 1. The fraction of sp³-hybridized carbons (Fsp3) is 0.0385. The molecule has 3 heteroatoms. The Bertz CT molecular complexity index is 2910. The van der Waals surface area contributed by atoms with Gasteiger partial charge in [-0.05, 0) is 111 Å². The number of benzene rings is 8. The minimum atomic E-state index is 0.124. The van der Waals surface area contributed by atoms with Gasteiger partial charge in [0.25, 0.3) is 6.71 Å². The maximum Gasteiger partial charge on any atom is 0.252 e. The van der Waals surface area contributed by atoms with Gasteiger partial charge in [-0.1, -0.05) is 158 Å². The van der Waals surface area contributed by atoms with Crippen LogP contribution in [0.15, 0.2) is 188 Å². The summed E-state index contributed by atoms with van der Waals surface area (Å²) in [4.78, 5) is 2.51. The van der Waals surface area contributed by atoms with Crippen LogP contribution < -0.4 is 21.3 Å². The summed E-state index contributed by atoms with van der Waals surface area (Å²) >= 11 is 0. The second-order valence-electron chi connectivity index (χ2n) is 15.0. The van der Waals surface area contributed by atoms with Gasteiger partial charge in [0, 0.05) is 39.3 Å². The fourth-order valence-corrected chi connectivity index (χ4v) is 9.23. The third-order valence-electron chi connectivity index (χ3n) is 12.1. The van der Waals surface area contributed by atoms with Crippen molar-refractivity contribution in [2.24, 2.45) is 0 Å². The Morgan fingerprint density at radius 2 is 0.855 bits per heavy atom. The molecule has 2 aliphatic rings. The molecule has 2 aliphatic heterocycles. The predicted octanol–water partition coefficient (Wildman–Crippen LogP) is 11.5. The first-order valence-corrected chi connectivity index (χ1v) is 19.2. The highest BCUT2D eigenvalue weighted by atomic mass is 15.2. The SMILES string of the molecule is Cc1c(C)n2c3c(cccc13)B1c3ccccc3N(c3ccc(-c4ccc(-c5ccccc5)cc4)cc3)c3cc(-c4ccc(-c5ccccc5)cc4)cc-2c31. The summed E-state index contributed by atoms with van der Waals surface area (Å²) in [7, 11) is 0. The summed E-state index contributed by atoms with van der Waals surface area (Å²) in [5, 5.41) is 1.34. The molecule has 0 bridgehead atoms. The molecule has 0 saturated carbocycles. The van der Waals surface area contributed by atoms with Crippen LogP contribution in [0, 0.1) is 13.8 Å². The van der Waals surface area contributed by atoms with E-state index in [-0.39, 0.29) is 6.71 Å². The van der Waals surface area contributed by atoms with Gasteiger partial charge in [0.05, 0.1) is 0 Å². The molecule has 258 valence electrons. The van der Waals surface area contributed by atoms with Crippen LogP contribution in [0.25, 0.3) is 61.1 Å². The van der Waals surface area contributed by atoms with Crippen molar-refractivity contribution in [1.82, 2.24) is 4.57 Å². The Morgan fingerprint density at radius 3 is 1.45 bits per heavy atom. The van der Waals surface area contributed by atoms with Gasteiger partial charge in [-0.3, -0.25) is 0 Å². The van der Waals surface area contributed by atoms with Crippen molar-refractivity contribution in [1.29, 1.82) is 0 Å². The average molecular weight is 701 g/mol. The van der Waals surface area contributed by atoms with Crippen LogP contribution in [0.5, 0.6) is 0 Å². The molecule has 55 heavy (non-hydrogen) atoms. The number of nitrogens with zero attached hydrogens (tertiary/aromatic N) is 2. The summed E-state index contributed by atoms with van der Waals surface area (Å²) in [5.74, 6) is 0. The number of anilines is 3. The highest BCUT2D eigenvalue weighted by molar-refractivity contribution is 7.00. The Hall–Kier alpha value is -6.84. The largest absolute Gasteiger partial charge is 0.315 e. The average Bonchev–Trinajstić information content (AvgIpc) is 3.52. The van der Waals surface area contributed by atoms with Crippen LogP contribution in [-0.2, 0) is 0 Å². The minimum absolute atomic E-state index is 0.124. The van der Waals surface area contributed by atoms with Crippen LogP contribution in [0.3, 0.4) is 0 Å². The van der Waals surface area contributed by atoms with Gasteiger partial charge < -0.3 is 9.47 Å². The van der Waals surface area contributed by atoms with Gasteiger partial charge in [-0.2, -0.15) is 0 Å². The maximum atomic E-state index is 2.55. The molecule has 0 radical (unpaired) electrons. The smallest absolute Gasteiger partial charge is 0.252 e. The first-order chi connectivity index (χ1) is 27.1. The number of hydrogen-bond donors (Lipinski definition) is 0. The lowest BCUT2D eigenvalue weighted by molar-refractivity contribution is 1.04. The van der Waals surface area contributed by atoms with E-state index >= 15 is 0 Å². The Morgan fingerprint density at radius 1 is 0.382 bits per heavy atom. The second kappa shape index (κ2) is 12.4. The summed E-state index contributed by atoms with van der Waals surface area (Å²) in [6.07, 6.45) is 0. The second-order valence-corrected chi connectivity index (χ2v) is 15.0. The molecule has 1 aromatic heterocycles. The van der Waals surface area contributed by atoms with Crippen molar-refractivity contribution in [2.45, 2.75) is 13.8 Å². The van der Waals surface area contributed by atoms with E-state index in [2.05, 4.69) is 211 Å². The minimum Gasteiger partial charge on any atom is -0.315 e. The molecule has 0 saturated heterocycles. The van der Waals surface area contributed by atoms with E-state index in [9.17, 15) is 0 Å². The van der Waals surface area contributed by atoms with Crippen molar-refractivity contribution in [2.75, 3.05) is 4.90 Å². The van der Waals surface area contributed by atoms with Gasteiger partial charge in [0.1, 0.15) is 0 Å². The van der Waals surface area contributed by atoms with Crippen LogP contribution >= 0.6 is 0 Å². The lowest BCUT2D eigenvalue weighted by Crippen LogP contribution is -2.60. The summed E-state index contributed by atoms with van der Waals surface area (Å²) < 4.78 is 2.55. The van der Waals surface area contributed by atoms with Gasteiger partial charge in [-0.15, -0.1) is 0 Å². The van der Waals surface area contributed by atoms with Crippen molar-refractivity contribution in [3.8, 4) is 50.2 Å². The molecule has 11 rings (SSSR count). The predicted molar refractivity (Wildman–Crippen MR) is 234 cm³/mol. The third-order valence-corrected chi connectivity index (χ3v) is 12.1. The van der Waals surface area contributed by atoms with E-state index in [4.69, 9.17) is 0 Å². The summed E-state index contributed by atoms with van der Waals surface area (Å²) in [6, 6.07) is 69.2. The van der Waals surface area contributed by atoms with Gasteiger partial charge in [0.2, 0.25) is 0 Å². The molecule has 0 atom stereocenters. The molecule has 0 fully saturated rings. The van der Waals surface area contributed by atoms with E-state index in [0.717, 1.165) is 5.69 Å². The van der Waals surface area contributed by atoms with Crippen molar-refractivity contribution >= 4 is 51.1 Å². The molecule has 8 aromatic carbocycles. The molecule has 0 spiro atoms. The normalized spacial score (nSPS) is 12.5. The van der Waals surface area contributed by atoms with Gasteiger partial charge in [0.15, 0.2) is 0 Å². The molecule has 0 aliphatic carbocycles. The van der Waals surface area contributed by atoms with Crippen molar-refractivity contribution in [3.05, 3.63) is 199 Å². The molecule has 0 amide bonds. The first kappa shape index (κ1) is 31.7. The van der Waals surface area contributed by atoms with Crippen LogP contribution in [0.2, 0.25) is 0 Å². The fourth-order valence-electron chi connectivity index (χ4n) is 9.23. The zero-order valence-corrected chi connectivity index (χ0v) is 30.9. The number of hydrogen-bond acceptors (Lipinski definition) is 1. The zero-order valence-electron chi connectivity index (χ0n) is 30.9. The summed E-state index contributed by atoms with van der Waals surface area (Å²) in [6.45, 7) is 4.69. The Balaban J connectivity index is 1.09. The lowest BCUT2D eigenvalue weighted by atomic mass is 9.33. The van der Waals surface area contributed by atoms with Crippen LogP contribution in [0.1, 0.15) is 11.3 Å². The zero-order chi connectivity index (χ0) is 36.6. The monoisotopic (exact) mass is 700 g/mol. The Kier molecular flexibility index (Phi) is 7.12. The number of aryl methyl sites for hydroxylation is 1. The maximum absolute atomic E-state index is 2.55. The van der Waals surface area contributed by atoms with E-state index in [1.807, 2.05) is 0 Å². The third kappa shape index (κ3) is 4.90. The molecule has 9 aromatic rings. The standard InChI is InChI=1S/C52H37BN2/c1-34-35(2)54-49-32-43(42-26-24-39(25-27-42)37-14-7-4-8-15-37)33-50-51(49)53(47-18-11-16-45(34)52(47)54)46-17-9-10-19-48(46)55(50)44-30-28-41(29-31-44)40-22-20-38(21-23-40)36-12-5-3-6-13-36/h3-33H,1-2H3. The molecule has 3 heterocycles. The lowest BCUT2D eigenvalue weighted by Gasteiger charge is -2.40. The quantitative estimate of drug-likeness (QED) is 0.162. The van der Waals surface area contributed by atoms with E-state index in [1.54, 1.807) is 0 Å². The van der Waals surface area contributed by atoms with E-state index in [1.165, 1.54) is 100 Å². The Labute approximate surface area is 322 Å². The van der Waals surface area contributed by atoms with E-state index in [0.29, 0.717) is 0 Å². The molecule has 0 N–H and O–H groups in total. The highest BCUT2D eigenvalue weighted by Gasteiger charge is 2.42. The number of para-hydroxylation sites is 2. The van der Waals surface area contributed by atoms with Gasteiger partial charge in [-0.25, -0.2) is 0 Å². The molecule has 2 nitrogen and oxygen atoms in total. The van der Waals surface area contributed by atoms with Crippen molar-refractivity contribution < 1.29 is 0 Å².